The van der Waals surface area contributed by atoms with Gasteiger partial charge in [0, 0.05) is 28.9 Å². The van der Waals surface area contributed by atoms with E-state index in [1.165, 1.54) is 22.5 Å². The summed E-state index contributed by atoms with van der Waals surface area (Å²) in [6, 6.07) is 2.40. The Bertz CT molecular complexity index is 1580. The molecular formula is C22H22N10O6S2. The highest BCUT2D eigenvalue weighted by molar-refractivity contribution is 8.00. The van der Waals surface area contributed by atoms with Crippen LogP contribution in [-0.4, -0.2) is 77.0 Å². The lowest BCUT2D eigenvalue weighted by Crippen LogP contribution is -2.71. The molecular weight excluding hydrogens is 564 g/mol. The molecule has 18 heteroatoms. The lowest BCUT2D eigenvalue weighted by atomic mass is 10.0. The average molecular weight is 587 g/mol. The molecule has 2 atom stereocenters. The standard InChI is InChI=1S/C22H22N10O6S2/c1-10(2)38-28-14(17-27-22(23)40-29-17)18(34)26-15-19(35)31-16(21(36)37)11(8-39-20(15)31)6-30-7-12(24-9-33)32-13(30)4-3-5-25-32/h3-5,7,9-10,15,20H,6,8H2,1-2H3,(H4-,23,24,25,26,27,29,33,34,36,37)/b28-14-/t15-,20-/m1/s1. The van der Waals surface area contributed by atoms with Crippen molar-refractivity contribution in [1.82, 2.24) is 29.2 Å². The molecule has 3 aromatic rings. The van der Waals surface area contributed by atoms with E-state index in [0.29, 0.717) is 23.4 Å². The smallest absolute Gasteiger partial charge is 0.309 e. The number of nitrogens with zero attached hydrogens (tertiary/aromatic N) is 7. The Morgan fingerprint density at radius 3 is 2.90 bits per heavy atom. The summed E-state index contributed by atoms with van der Waals surface area (Å²) in [5.74, 6) is -2.39. The number of hydrogen-bond donors (Lipinski definition) is 3. The van der Waals surface area contributed by atoms with Crippen molar-refractivity contribution in [3.63, 3.8) is 0 Å². The van der Waals surface area contributed by atoms with Crippen LogP contribution in [0.25, 0.3) is 5.65 Å². The number of carboxylic acid groups (broad SMARTS) is 1. The quantitative estimate of drug-likeness (QED) is 0.0766. The second-order valence-electron chi connectivity index (χ2n) is 8.85. The van der Waals surface area contributed by atoms with Gasteiger partial charge in [-0.1, -0.05) is 14.8 Å². The zero-order valence-electron chi connectivity index (χ0n) is 21.0. The van der Waals surface area contributed by atoms with Crippen molar-refractivity contribution in [2.75, 3.05) is 16.8 Å². The van der Waals surface area contributed by atoms with Crippen LogP contribution in [0.2, 0.25) is 0 Å². The van der Waals surface area contributed by atoms with E-state index in [-0.39, 0.29) is 40.8 Å². The molecule has 16 nitrogen and oxygen atoms in total. The second kappa shape index (κ2) is 10.9. The number of imidazole rings is 1. The number of oxime groups is 1. The van der Waals surface area contributed by atoms with E-state index in [9.17, 15) is 24.3 Å². The molecule has 0 aliphatic carbocycles. The van der Waals surface area contributed by atoms with Gasteiger partial charge in [0.25, 0.3) is 17.6 Å². The number of hydrogen-bond acceptors (Lipinski definition) is 13. The van der Waals surface area contributed by atoms with Crippen LogP contribution < -0.4 is 26.0 Å². The highest BCUT2D eigenvalue weighted by atomic mass is 32.2. The third-order valence-corrected chi connectivity index (χ3v) is 7.73. The first-order valence-corrected chi connectivity index (χ1v) is 13.6. The number of anilines is 2. The van der Waals surface area contributed by atoms with Crippen molar-refractivity contribution in [2.45, 2.75) is 37.9 Å². The molecule has 0 unspecified atom stereocenters. The maximum Gasteiger partial charge on any atom is 0.309 e. The topological polar surface area (TPSA) is 213 Å². The first-order chi connectivity index (χ1) is 19.2. The summed E-state index contributed by atoms with van der Waals surface area (Å²) in [6.45, 7) is 3.51. The van der Waals surface area contributed by atoms with Gasteiger partial charge in [0.05, 0.1) is 17.9 Å². The van der Waals surface area contributed by atoms with Gasteiger partial charge >= 0.3 is 5.65 Å². The van der Waals surface area contributed by atoms with Gasteiger partial charge in [0.1, 0.15) is 24.1 Å². The maximum absolute atomic E-state index is 13.2. The molecule has 0 spiro atoms. The molecule has 0 radical (unpaired) electrons. The van der Waals surface area contributed by atoms with Crippen LogP contribution in [-0.2, 0) is 30.6 Å². The van der Waals surface area contributed by atoms with Crippen molar-refractivity contribution >= 4 is 69.8 Å². The number of nitrogen functional groups attached to an aromatic ring is 1. The van der Waals surface area contributed by atoms with Gasteiger partial charge in [0.2, 0.25) is 17.9 Å². The Morgan fingerprint density at radius 2 is 2.23 bits per heavy atom. The highest BCUT2D eigenvalue weighted by Crippen LogP contribution is 2.40. The normalized spacial score (nSPS) is 18.9. The number of β-lactam (4-membered cyclic amide) rings is 1. The Balaban J connectivity index is 1.39. The number of nitrogens with one attached hydrogen (secondary N) is 2. The molecule has 2 aliphatic heterocycles. The van der Waals surface area contributed by atoms with Gasteiger partial charge in [-0.2, -0.15) is 9.36 Å². The Kier molecular flexibility index (Phi) is 7.35. The molecule has 0 saturated carbocycles. The predicted molar refractivity (Wildman–Crippen MR) is 139 cm³/mol. The van der Waals surface area contributed by atoms with Crippen molar-refractivity contribution < 1.29 is 33.7 Å². The predicted octanol–water partition coefficient (Wildman–Crippen LogP) is -2.14. The number of thioether (sulfide) groups is 1. The van der Waals surface area contributed by atoms with Crippen LogP contribution in [0.3, 0.4) is 0 Å². The van der Waals surface area contributed by atoms with Crippen molar-refractivity contribution in [3.05, 3.63) is 41.6 Å². The molecule has 0 bridgehead atoms. The number of carbonyl (C=O) groups is 4. The third-order valence-electron chi connectivity index (χ3n) is 5.85. The molecule has 40 heavy (non-hydrogen) atoms. The molecule has 5 heterocycles. The van der Waals surface area contributed by atoms with Gasteiger partial charge in [-0.05, 0) is 19.9 Å². The molecule has 208 valence electrons. The van der Waals surface area contributed by atoms with Crippen molar-refractivity contribution in [1.29, 1.82) is 0 Å². The number of nitrogens with two attached hydrogens (primary N) is 1. The summed E-state index contributed by atoms with van der Waals surface area (Å²) < 4.78 is 7.18. The minimum Gasteiger partial charge on any atom is -0.543 e. The fourth-order valence-corrected chi connectivity index (χ4v) is 5.97. The number of carboxylic acids is 1. The molecule has 5 rings (SSSR count). The molecule has 3 aromatic heterocycles. The number of carbonyl (C=O) groups excluding carboxylic acids is 4. The number of aromatic nitrogens is 5. The highest BCUT2D eigenvalue weighted by Gasteiger charge is 2.53. The zero-order valence-corrected chi connectivity index (χ0v) is 22.6. The lowest BCUT2D eigenvalue weighted by molar-refractivity contribution is -0.662. The van der Waals surface area contributed by atoms with Gasteiger partial charge in [-0.25, -0.2) is 4.57 Å². The van der Waals surface area contributed by atoms with Crippen LogP contribution >= 0.6 is 23.3 Å². The Morgan fingerprint density at radius 1 is 1.43 bits per heavy atom. The summed E-state index contributed by atoms with van der Waals surface area (Å²) in [4.78, 5) is 59.8. The van der Waals surface area contributed by atoms with Crippen LogP contribution in [0, 0.1) is 0 Å². The monoisotopic (exact) mass is 586 g/mol. The van der Waals surface area contributed by atoms with Gasteiger partial charge in [0.15, 0.2) is 11.3 Å². The van der Waals surface area contributed by atoms with E-state index in [4.69, 9.17) is 10.6 Å². The lowest BCUT2D eigenvalue weighted by Gasteiger charge is -2.50. The average Bonchev–Trinajstić information content (AvgIpc) is 3.50. The largest absolute Gasteiger partial charge is 0.543 e. The number of fused-ring (bicyclic) bond motifs is 2. The first-order valence-electron chi connectivity index (χ1n) is 11.8. The SMILES string of the molecule is CC(C)O/N=C(\C(=O)N[C@@H]1C(=O)N2C(C(=O)[O-])=C(C[n+]3cc(NC=O)n4ncccc43)CS[C@H]12)c1nsc(N)n1. The number of aliphatic carboxylic acids is 1. The van der Waals surface area contributed by atoms with Crippen molar-refractivity contribution in [2.24, 2.45) is 5.16 Å². The van der Waals surface area contributed by atoms with E-state index >= 15 is 0 Å². The van der Waals surface area contributed by atoms with E-state index in [1.54, 1.807) is 36.7 Å². The second-order valence-corrected chi connectivity index (χ2v) is 10.7. The van der Waals surface area contributed by atoms with Crippen LogP contribution in [0.4, 0.5) is 10.9 Å². The van der Waals surface area contributed by atoms with Gasteiger partial charge < -0.3 is 25.8 Å². The molecule has 2 aliphatic rings. The number of amides is 3. The van der Waals surface area contributed by atoms with Crippen LogP contribution in [0.15, 0.2) is 41.0 Å². The van der Waals surface area contributed by atoms with Crippen LogP contribution in [0.1, 0.15) is 19.7 Å². The zero-order chi connectivity index (χ0) is 28.6. The van der Waals surface area contributed by atoms with Crippen molar-refractivity contribution in [3.8, 4) is 0 Å². The Hall–Kier alpha value is -4.58. The van der Waals surface area contributed by atoms with Gasteiger partial charge in [-0.3, -0.25) is 24.6 Å². The summed E-state index contributed by atoms with van der Waals surface area (Å²) in [5.41, 5.74) is 6.09. The molecule has 0 aromatic carbocycles. The molecule has 3 amide bonds. The summed E-state index contributed by atoms with van der Waals surface area (Å²) in [5, 5.41) is 24.8. The summed E-state index contributed by atoms with van der Waals surface area (Å²) in [6.07, 6.45) is 3.30. The fourth-order valence-electron chi connectivity index (χ4n) is 4.20. The van der Waals surface area contributed by atoms with E-state index < -0.39 is 29.2 Å². The summed E-state index contributed by atoms with van der Waals surface area (Å²) in [7, 11) is 0. The molecule has 4 N–H and O–H groups in total. The van der Waals surface area contributed by atoms with E-state index in [0.717, 1.165) is 16.4 Å². The third kappa shape index (κ3) is 4.93. The van der Waals surface area contributed by atoms with Crippen LogP contribution in [0.5, 0.6) is 0 Å². The molecule has 1 fully saturated rings. The first kappa shape index (κ1) is 27.0. The maximum atomic E-state index is 13.2. The minimum absolute atomic E-state index is 0.0621. The van der Waals surface area contributed by atoms with E-state index in [2.05, 4.69) is 30.2 Å². The number of rotatable bonds is 10. The van der Waals surface area contributed by atoms with Gasteiger partial charge in [-0.15, -0.1) is 11.8 Å². The molecule has 1 saturated heterocycles. The summed E-state index contributed by atoms with van der Waals surface area (Å²) >= 11 is 2.15. The fraction of sp³-hybridized carbons (Fsp3) is 0.318. The Labute approximate surface area is 234 Å². The van der Waals surface area contributed by atoms with E-state index in [1.807, 2.05) is 0 Å². The minimum atomic E-state index is -1.53.